The number of halogens is 1. The summed E-state index contributed by atoms with van der Waals surface area (Å²) in [6.45, 7) is 5.55. The van der Waals surface area contributed by atoms with E-state index in [1.807, 2.05) is 6.20 Å². The average molecular weight is 231 g/mol. The molecular formula is C12H23ClN2. The monoisotopic (exact) mass is 230 g/mol. The number of rotatable bonds is 7. The van der Waals surface area contributed by atoms with E-state index in [-0.39, 0.29) is 12.4 Å². The molecule has 0 unspecified atom stereocenters. The Bertz CT molecular complexity index is 246. The van der Waals surface area contributed by atoms with Gasteiger partial charge in [0.1, 0.15) is 12.4 Å². The lowest BCUT2D eigenvalue weighted by Gasteiger charge is -1.99. The average Bonchev–Trinajstić information content (AvgIpc) is 2.58. The normalized spacial score (nSPS) is 10.0. The number of aromatic amines is 1. The molecule has 1 heterocycles. The first-order valence-electron chi connectivity index (χ1n) is 5.88. The summed E-state index contributed by atoms with van der Waals surface area (Å²) in [4.78, 5) is 3.19. The molecule has 0 aromatic carbocycles. The van der Waals surface area contributed by atoms with Crippen molar-refractivity contribution >= 4 is 0 Å². The fourth-order valence-corrected chi connectivity index (χ4v) is 1.75. The minimum Gasteiger partial charge on any atom is -1.00 e. The van der Waals surface area contributed by atoms with E-state index in [4.69, 9.17) is 0 Å². The van der Waals surface area contributed by atoms with Gasteiger partial charge in [0, 0.05) is 6.92 Å². The SMILES string of the molecule is CCCCCCCC[n+]1cc[nH]c1C.[Cl-]. The van der Waals surface area contributed by atoms with Crippen LogP contribution in [0.5, 0.6) is 0 Å². The van der Waals surface area contributed by atoms with E-state index >= 15 is 0 Å². The summed E-state index contributed by atoms with van der Waals surface area (Å²) in [5.74, 6) is 1.26. The standard InChI is InChI=1S/C12H22N2.ClH/c1-3-4-5-6-7-8-10-14-11-9-13-12(14)2;/h9,11H,3-8,10H2,1-2H3;1H. The van der Waals surface area contributed by atoms with Crippen molar-refractivity contribution in [3.8, 4) is 0 Å². The van der Waals surface area contributed by atoms with E-state index in [9.17, 15) is 0 Å². The molecule has 3 heteroatoms. The second-order valence-electron chi connectivity index (χ2n) is 4.01. The Morgan fingerprint density at radius 2 is 1.80 bits per heavy atom. The van der Waals surface area contributed by atoms with E-state index in [2.05, 4.69) is 29.6 Å². The van der Waals surface area contributed by atoms with Gasteiger partial charge in [-0.15, -0.1) is 0 Å². The first-order chi connectivity index (χ1) is 6.84. The van der Waals surface area contributed by atoms with Crippen molar-refractivity contribution in [1.82, 2.24) is 4.98 Å². The Balaban J connectivity index is 0.00000196. The Labute approximate surface area is 99.5 Å². The number of aromatic nitrogens is 2. The topological polar surface area (TPSA) is 19.7 Å². The molecule has 0 saturated heterocycles. The largest absolute Gasteiger partial charge is 1.00 e. The van der Waals surface area contributed by atoms with Crippen LogP contribution in [-0.2, 0) is 6.54 Å². The van der Waals surface area contributed by atoms with Crippen LogP contribution in [0.2, 0.25) is 0 Å². The van der Waals surface area contributed by atoms with Crippen molar-refractivity contribution in [2.75, 3.05) is 0 Å². The molecule has 1 aromatic heterocycles. The van der Waals surface area contributed by atoms with Crippen LogP contribution in [0.3, 0.4) is 0 Å². The molecule has 0 spiro atoms. The number of hydrogen-bond donors (Lipinski definition) is 1. The molecule has 15 heavy (non-hydrogen) atoms. The van der Waals surface area contributed by atoms with Gasteiger partial charge >= 0.3 is 0 Å². The maximum Gasteiger partial charge on any atom is 0.251 e. The summed E-state index contributed by atoms with van der Waals surface area (Å²) in [5, 5.41) is 0. The number of nitrogens with one attached hydrogen (secondary N) is 1. The summed E-state index contributed by atoms with van der Waals surface area (Å²) in [5.41, 5.74) is 0. The number of H-pyrrole nitrogens is 1. The molecule has 0 aliphatic rings. The highest BCUT2D eigenvalue weighted by Crippen LogP contribution is 2.04. The van der Waals surface area contributed by atoms with Gasteiger partial charge in [-0.05, 0) is 12.8 Å². The second kappa shape index (κ2) is 8.78. The number of hydrogen-bond acceptors (Lipinski definition) is 0. The minimum absolute atomic E-state index is 0. The molecule has 0 aliphatic heterocycles. The van der Waals surface area contributed by atoms with Crippen molar-refractivity contribution in [3.63, 3.8) is 0 Å². The summed E-state index contributed by atoms with van der Waals surface area (Å²) < 4.78 is 2.29. The van der Waals surface area contributed by atoms with Crippen molar-refractivity contribution in [2.45, 2.75) is 58.9 Å². The smallest absolute Gasteiger partial charge is 0.251 e. The molecule has 0 saturated carbocycles. The zero-order valence-corrected chi connectivity index (χ0v) is 10.7. The van der Waals surface area contributed by atoms with Crippen LogP contribution in [0, 0.1) is 6.92 Å². The highest BCUT2D eigenvalue weighted by molar-refractivity contribution is 4.70. The van der Waals surface area contributed by atoms with Crippen LogP contribution in [0.15, 0.2) is 12.4 Å². The maximum absolute atomic E-state index is 3.19. The lowest BCUT2D eigenvalue weighted by atomic mass is 10.1. The Kier molecular flexibility index (Phi) is 8.49. The zero-order valence-electron chi connectivity index (χ0n) is 9.93. The van der Waals surface area contributed by atoms with Gasteiger partial charge < -0.3 is 12.4 Å². The predicted molar refractivity (Wildman–Crippen MR) is 59.1 cm³/mol. The van der Waals surface area contributed by atoms with Gasteiger partial charge in [-0.25, -0.2) is 9.55 Å². The number of imidazole rings is 1. The minimum atomic E-state index is 0. The molecule has 0 radical (unpaired) electrons. The summed E-state index contributed by atoms with van der Waals surface area (Å²) in [7, 11) is 0. The molecule has 2 nitrogen and oxygen atoms in total. The first kappa shape index (κ1) is 14.5. The van der Waals surface area contributed by atoms with Crippen LogP contribution >= 0.6 is 0 Å². The third-order valence-electron chi connectivity index (χ3n) is 2.73. The van der Waals surface area contributed by atoms with Gasteiger partial charge in [-0.2, -0.15) is 0 Å². The lowest BCUT2D eigenvalue weighted by molar-refractivity contribution is -0.702. The van der Waals surface area contributed by atoms with Crippen molar-refractivity contribution < 1.29 is 17.0 Å². The number of unbranched alkanes of at least 4 members (excludes halogenated alkanes) is 5. The van der Waals surface area contributed by atoms with Gasteiger partial charge in [-0.3, -0.25) is 0 Å². The number of nitrogens with zero attached hydrogens (tertiary/aromatic N) is 1. The Morgan fingerprint density at radius 1 is 1.13 bits per heavy atom. The first-order valence-corrected chi connectivity index (χ1v) is 5.88. The van der Waals surface area contributed by atoms with Crippen LogP contribution in [0.4, 0.5) is 0 Å². The quantitative estimate of drug-likeness (QED) is 0.502. The molecule has 0 amide bonds. The summed E-state index contributed by atoms with van der Waals surface area (Å²) in [6, 6.07) is 0. The zero-order chi connectivity index (χ0) is 10.2. The molecule has 0 bridgehead atoms. The van der Waals surface area contributed by atoms with Crippen LogP contribution < -0.4 is 17.0 Å². The van der Waals surface area contributed by atoms with Crippen LogP contribution in [-0.4, -0.2) is 4.98 Å². The van der Waals surface area contributed by atoms with Gasteiger partial charge in [0.25, 0.3) is 5.82 Å². The maximum atomic E-state index is 3.19. The van der Waals surface area contributed by atoms with E-state index in [0.717, 1.165) is 0 Å². The van der Waals surface area contributed by atoms with E-state index < -0.39 is 0 Å². The fourth-order valence-electron chi connectivity index (χ4n) is 1.75. The molecule has 0 atom stereocenters. The molecule has 1 N–H and O–H groups in total. The summed E-state index contributed by atoms with van der Waals surface area (Å²) in [6.07, 6.45) is 12.4. The molecule has 1 rings (SSSR count). The van der Waals surface area contributed by atoms with E-state index in [1.165, 1.54) is 50.9 Å². The Hall–Kier alpha value is -0.500. The Morgan fingerprint density at radius 3 is 2.40 bits per heavy atom. The highest BCUT2D eigenvalue weighted by atomic mass is 35.5. The molecule has 0 aliphatic carbocycles. The van der Waals surface area contributed by atoms with Crippen LogP contribution in [0.1, 0.15) is 51.3 Å². The summed E-state index contributed by atoms with van der Waals surface area (Å²) >= 11 is 0. The number of aryl methyl sites for hydroxylation is 2. The molecule has 1 aromatic rings. The van der Waals surface area contributed by atoms with Gasteiger partial charge in [0.2, 0.25) is 0 Å². The van der Waals surface area contributed by atoms with E-state index in [0.29, 0.717) is 0 Å². The third kappa shape index (κ3) is 5.83. The van der Waals surface area contributed by atoms with Crippen molar-refractivity contribution in [1.29, 1.82) is 0 Å². The molecule has 88 valence electrons. The lowest BCUT2D eigenvalue weighted by Crippen LogP contribution is -3.00. The predicted octanol–water partition coefficient (Wildman–Crippen LogP) is -0.0249. The van der Waals surface area contributed by atoms with Crippen molar-refractivity contribution in [3.05, 3.63) is 18.2 Å². The fraction of sp³-hybridized carbons (Fsp3) is 0.750. The second-order valence-corrected chi connectivity index (χ2v) is 4.01. The van der Waals surface area contributed by atoms with Crippen LogP contribution in [0.25, 0.3) is 0 Å². The van der Waals surface area contributed by atoms with Gasteiger partial charge in [-0.1, -0.05) is 32.6 Å². The van der Waals surface area contributed by atoms with E-state index in [1.54, 1.807) is 0 Å². The molecule has 0 fully saturated rings. The van der Waals surface area contributed by atoms with Crippen molar-refractivity contribution in [2.24, 2.45) is 0 Å². The van der Waals surface area contributed by atoms with Gasteiger partial charge in [0.05, 0.1) is 6.54 Å². The van der Waals surface area contributed by atoms with Gasteiger partial charge in [0.15, 0.2) is 0 Å². The third-order valence-corrected chi connectivity index (χ3v) is 2.73. The highest BCUT2D eigenvalue weighted by Gasteiger charge is 2.02. The molecular weight excluding hydrogens is 208 g/mol.